The molecule has 6 bridgehead atoms. The first-order valence-electron chi connectivity index (χ1n) is 9.25. The van der Waals surface area contributed by atoms with Crippen LogP contribution >= 0.6 is 0 Å². The van der Waals surface area contributed by atoms with Gasteiger partial charge in [-0.3, -0.25) is 4.79 Å². The molecule has 1 N–H and O–H groups in total. The van der Waals surface area contributed by atoms with Crippen LogP contribution in [0.3, 0.4) is 0 Å². The fourth-order valence-electron chi connectivity index (χ4n) is 6.84. The molecule has 0 aromatic heterocycles. The molecule has 0 radical (unpaired) electrons. The number of quaternary nitrogens is 1. The predicted molar refractivity (Wildman–Crippen MR) is 78.8 cm³/mol. The van der Waals surface area contributed by atoms with Gasteiger partial charge >= 0.3 is 5.97 Å². The summed E-state index contributed by atoms with van der Waals surface area (Å²) >= 11 is 0. The van der Waals surface area contributed by atoms with Crippen molar-refractivity contribution in [2.24, 2.45) is 29.1 Å². The van der Waals surface area contributed by atoms with Gasteiger partial charge in [-0.25, -0.2) is 0 Å². The van der Waals surface area contributed by atoms with Crippen molar-refractivity contribution >= 4 is 5.97 Å². The van der Waals surface area contributed by atoms with E-state index in [1.807, 2.05) is 0 Å². The molecule has 7 fully saturated rings. The number of esters is 1. The van der Waals surface area contributed by atoms with E-state index in [4.69, 9.17) is 4.74 Å². The Kier molecular flexibility index (Phi) is 2.75. The Hall–Kier alpha value is -0.570. The molecule has 4 saturated carbocycles. The van der Waals surface area contributed by atoms with Crippen molar-refractivity contribution in [3.63, 3.8) is 0 Å². The van der Waals surface area contributed by atoms with E-state index in [0.717, 1.165) is 43.6 Å². The number of carbonyl (C=O) groups is 1. The van der Waals surface area contributed by atoms with Crippen LogP contribution in [0.1, 0.15) is 51.4 Å². The number of hydrogen-bond donors (Lipinski definition) is 1. The molecule has 3 nitrogen and oxygen atoms in total. The monoisotopic (exact) mass is 290 g/mol. The van der Waals surface area contributed by atoms with Gasteiger partial charge in [-0.15, -0.1) is 0 Å². The Bertz CT molecular complexity index is 417. The van der Waals surface area contributed by atoms with Crippen LogP contribution in [0.25, 0.3) is 0 Å². The van der Waals surface area contributed by atoms with Crippen molar-refractivity contribution in [3.05, 3.63) is 0 Å². The minimum atomic E-state index is -0.0594. The van der Waals surface area contributed by atoms with Gasteiger partial charge in [-0.05, 0) is 56.3 Å². The lowest BCUT2D eigenvalue weighted by Crippen LogP contribution is -3.16. The number of nitrogens with one attached hydrogen (secondary N) is 1. The molecule has 116 valence electrons. The molecule has 0 aromatic carbocycles. The van der Waals surface area contributed by atoms with Gasteiger partial charge in [0.1, 0.15) is 6.54 Å². The standard InChI is InChI=1S/C18H27NO2/c20-17(21-16-11-19-3-1-15(16)2-4-19)18-8-12-5-13(9-18)7-14(6-12)10-18/h12-16H,1-11H2/p+1/t12?,13?,14?,16-,18?/m0/s1. The second-order valence-electron chi connectivity index (χ2n) is 8.93. The minimum Gasteiger partial charge on any atom is -0.456 e. The summed E-state index contributed by atoms with van der Waals surface area (Å²) in [6.07, 6.45) is 10.4. The van der Waals surface area contributed by atoms with Gasteiger partial charge in [0.2, 0.25) is 0 Å². The van der Waals surface area contributed by atoms with Crippen LogP contribution in [0.2, 0.25) is 0 Å². The molecule has 7 rings (SSSR count). The SMILES string of the molecule is O=C(O[C@H]1C[NH+]2CCC1CC2)C12CC3CC(CC(C3)C1)C2. The van der Waals surface area contributed by atoms with E-state index in [0.29, 0.717) is 5.92 Å². The number of hydrogen-bond acceptors (Lipinski definition) is 2. The van der Waals surface area contributed by atoms with Crippen molar-refractivity contribution < 1.29 is 14.4 Å². The average molecular weight is 290 g/mol. The topological polar surface area (TPSA) is 30.7 Å². The molecule has 4 aliphatic carbocycles. The Labute approximate surface area is 127 Å². The summed E-state index contributed by atoms with van der Waals surface area (Å²) in [5.41, 5.74) is -0.0594. The van der Waals surface area contributed by atoms with Gasteiger partial charge in [-0.1, -0.05) is 0 Å². The Morgan fingerprint density at radius 2 is 1.52 bits per heavy atom. The summed E-state index contributed by atoms with van der Waals surface area (Å²) in [5, 5.41) is 0. The van der Waals surface area contributed by atoms with Crippen molar-refractivity contribution in [2.75, 3.05) is 19.6 Å². The second kappa shape index (κ2) is 4.47. The van der Waals surface area contributed by atoms with Crippen molar-refractivity contribution in [1.82, 2.24) is 0 Å². The van der Waals surface area contributed by atoms with E-state index in [2.05, 4.69) is 0 Å². The highest BCUT2D eigenvalue weighted by molar-refractivity contribution is 5.77. The van der Waals surface area contributed by atoms with Crippen molar-refractivity contribution in [1.29, 1.82) is 0 Å². The number of rotatable bonds is 2. The smallest absolute Gasteiger partial charge is 0.312 e. The third-order valence-corrected chi connectivity index (χ3v) is 7.48. The van der Waals surface area contributed by atoms with Crippen LogP contribution in [0.4, 0.5) is 0 Å². The molecule has 7 aliphatic rings. The first-order valence-corrected chi connectivity index (χ1v) is 9.25. The summed E-state index contributed by atoms with van der Waals surface area (Å²) in [6, 6.07) is 0. The molecular formula is C18H28NO2+. The highest BCUT2D eigenvalue weighted by Gasteiger charge is 2.56. The summed E-state index contributed by atoms with van der Waals surface area (Å²) in [4.78, 5) is 14.7. The number of fused-ring (bicyclic) bond motifs is 3. The van der Waals surface area contributed by atoms with Gasteiger partial charge < -0.3 is 9.64 Å². The zero-order chi connectivity index (χ0) is 14.0. The highest BCUT2D eigenvalue weighted by atomic mass is 16.5. The first kappa shape index (κ1) is 12.9. The maximum Gasteiger partial charge on any atom is 0.312 e. The molecule has 0 unspecified atom stereocenters. The zero-order valence-electron chi connectivity index (χ0n) is 13.0. The lowest BCUT2D eigenvalue weighted by Gasteiger charge is -2.55. The number of carbonyl (C=O) groups excluding carboxylic acids is 1. The van der Waals surface area contributed by atoms with Crippen molar-refractivity contribution in [3.8, 4) is 0 Å². The maximum atomic E-state index is 13.0. The first-order chi connectivity index (χ1) is 10.2. The summed E-state index contributed by atoms with van der Waals surface area (Å²) in [6.45, 7) is 3.69. The lowest BCUT2D eigenvalue weighted by atomic mass is 9.49. The molecule has 3 aliphatic heterocycles. The zero-order valence-corrected chi connectivity index (χ0v) is 13.0. The summed E-state index contributed by atoms with van der Waals surface area (Å²) in [7, 11) is 0. The van der Waals surface area contributed by atoms with Gasteiger partial charge in [0.05, 0.1) is 18.5 Å². The van der Waals surface area contributed by atoms with E-state index in [1.165, 1.54) is 45.2 Å². The van der Waals surface area contributed by atoms with Crippen LogP contribution in [0.15, 0.2) is 0 Å². The predicted octanol–water partition coefficient (Wildman–Crippen LogP) is 1.42. The molecule has 0 spiro atoms. The lowest BCUT2D eigenvalue weighted by molar-refractivity contribution is -0.920. The normalized spacial score (nSPS) is 53.9. The molecule has 0 amide bonds. The van der Waals surface area contributed by atoms with Gasteiger partial charge in [-0.2, -0.15) is 0 Å². The molecule has 0 aromatic rings. The average Bonchev–Trinajstić information content (AvgIpc) is 2.47. The van der Waals surface area contributed by atoms with Gasteiger partial charge in [0.25, 0.3) is 0 Å². The minimum absolute atomic E-state index is 0.0594. The number of piperidine rings is 3. The fourth-order valence-corrected chi connectivity index (χ4v) is 6.84. The summed E-state index contributed by atoms with van der Waals surface area (Å²) < 4.78 is 6.15. The highest BCUT2D eigenvalue weighted by Crippen LogP contribution is 2.60. The molecular weight excluding hydrogens is 262 g/mol. The molecule has 3 saturated heterocycles. The van der Waals surface area contributed by atoms with E-state index < -0.39 is 0 Å². The van der Waals surface area contributed by atoms with Crippen LogP contribution in [0.5, 0.6) is 0 Å². The van der Waals surface area contributed by atoms with Crippen LogP contribution < -0.4 is 4.90 Å². The third kappa shape index (κ3) is 1.99. The van der Waals surface area contributed by atoms with Crippen LogP contribution in [-0.4, -0.2) is 31.7 Å². The second-order valence-corrected chi connectivity index (χ2v) is 8.93. The van der Waals surface area contributed by atoms with Crippen LogP contribution in [-0.2, 0) is 9.53 Å². The molecule has 3 heteroatoms. The third-order valence-electron chi connectivity index (χ3n) is 7.48. The summed E-state index contributed by atoms with van der Waals surface area (Å²) in [5.74, 6) is 3.38. The molecule has 1 atom stereocenters. The maximum absolute atomic E-state index is 13.0. The van der Waals surface area contributed by atoms with Gasteiger partial charge in [0, 0.05) is 18.8 Å². The fraction of sp³-hybridized carbons (Fsp3) is 0.944. The van der Waals surface area contributed by atoms with Crippen LogP contribution in [0, 0.1) is 29.1 Å². The quantitative estimate of drug-likeness (QED) is 0.780. The number of ether oxygens (including phenoxy) is 1. The van der Waals surface area contributed by atoms with Crippen molar-refractivity contribution in [2.45, 2.75) is 57.5 Å². The Morgan fingerprint density at radius 1 is 0.952 bits per heavy atom. The molecule has 3 heterocycles. The van der Waals surface area contributed by atoms with E-state index in [-0.39, 0.29) is 17.5 Å². The Balaban J connectivity index is 1.32. The van der Waals surface area contributed by atoms with Gasteiger partial charge in [0.15, 0.2) is 6.10 Å². The van der Waals surface area contributed by atoms with E-state index >= 15 is 0 Å². The Morgan fingerprint density at radius 3 is 2.00 bits per heavy atom. The van der Waals surface area contributed by atoms with E-state index in [9.17, 15) is 4.79 Å². The largest absolute Gasteiger partial charge is 0.456 e. The van der Waals surface area contributed by atoms with E-state index in [1.54, 1.807) is 4.90 Å². The molecule has 21 heavy (non-hydrogen) atoms.